The standard InChI is InChI=1S/C23H23O/c1-3-20-10-7-11-22(24-2)23(20)21-16-14-19(15-17-21)13-12-18-8-5-4-6-9-18/h4-11,13-17H,3,12H2,1-2H3. The Labute approximate surface area is 144 Å². The highest BCUT2D eigenvalue weighted by Crippen LogP contribution is 2.34. The van der Waals surface area contributed by atoms with E-state index < -0.39 is 0 Å². The van der Waals surface area contributed by atoms with Gasteiger partial charge in [0.15, 0.2) is 0 Å². The first-order chi connectivity index (χ1) is 11.8. The minimum absolute atomic E-state index is 0.940. The fourth-order valence-electron chi connectivity index (χ4n) is 3.00. The second-order valence-corrected chi connectivity index (χ2v) is 5.86. The van der Waals surface area contributed by atoms with E-state index in [-0.39, 0.29) is 0 Å². The summed E-state index contributed by atoms with van der Waals surface area (Å²) in [4.78, 5) is 0. The molecule has 0 aliphatic heterocycles. The molecule has 3 aromatic rings. The molecule has 121 valence electrons. The molecule has 1 radical (unpaired) electrons. The average Bonchev–Trinajstić information content (AvgIpc) is 2.67. The molecule has 0 spiro atoms. The summed E-state index contributed by atoms with van der Waals surface area (Å²) in [5, 5.41) is 0. The van der Waals surface area contributed by atoms with Crippen LogP contribution in [0, 0.1) is 6.42 Å². The minimum atomic E-state index is 0.940. The van der Waals surface area contributed by atoms with Gasteiger partial charge in [0.05, 0.1) is 7.11 Å². The molecular formula is C23H23O. The Bertz CT molecular complexity index is 751. The van der Waals surface area contributed by atoms with Gasteiger partial charge in [0.1, 0.15) is 5.75 Å². The van der Waals surface area contributed by atoms with E-state index in [4.69, 9.17) is 4.74 Å². The van der Waals surface area contributed by atoms with Crippen LogP contribution in [0.2, 0.25) is 0 Å². The number of aryl methyl sites for hydroxylation is 1. The van der Waals surface area contributed by atoms with Crippen LogP contribution >= 0.6 is 0 Å². The first-order valence-corrected chi connectivity index (χ1v) is 8.45. The van der Waals surface area contributed by atoms with Crippen LogP contribution in [0.3, 0.4) is 0 Å². The van der Waals surface area contributed by atoms with E-state index in [1.54, 1.807) is 7.11 Å². The van der Waals surface area contributed by atoms with E-state index in [1.165, 1.54) is 27.8 Å². The van der Waals surface area contributed by atoms with E-state index >= 15 is 0 Å². The lowest BCUT2D eigenvalue weighted by molar-refractivity contribution is 0.416. The summed E-state index contributed by atoms with van der Waals surface area (Å²) in [5.74, 6) is 0.940. The van der Waals surface area contributed by atoms with E-state index in [2.05, 4.69) is 80.1 Å². The lowest BCUT2D eigenvalue weighted by Gasteiger charge is -2.13. The quantitative estimate of drug-likeness (QED) is 0.565. The van der Waals surface area contributed by atoms with Crippen molar-refractivity contribution in [3.63, 3.8) is 0 Å². The van der Waals surface area contributed by atoms with Crippen molar-refractivity contribution >= 4 is 0 Å². The summed E-state index contributed by atoms with van der Waals surface area (Å²) in [6, 6.07) is 25.5. The first kappa shape index (κ1) is 16.3. The van der Waals surface area contributed by atoms with Crippen LogP contribution in [0.5, 0.6) is 5.75 Å². The van der Waals surface area contributed by atoms with Crippen molar-refractivity contribution in [2.75, 3.05) is 7.11 Å². The van der Waals surface area contributed by atoms with Gasteiger partial charge in [0.2, 0.25) is 0 Å². The van der Waals surface area contributed by atoms with Crippen LogP contribution in [0.1, 0.15) is 23.6 Å². The first-order valence-electron chi connectivity index (χ1n) is 8.45. The van der Waals surface area contributed by atoms with E-state index in [1.807, 2.05) is 6.07 Å². The van der Waals surface area contributed by atoms with Gasteiger partial charge in [-0.2, -0.15) is 0 Å². The molecule has 1 nitrogen and oxygen atoms in total. The van der Waals surface area contributed by atoms with Crippen molar-refractivity contribution < 1.29 is 4.74 Å². The van der Waals surface area contributed by atoms with Crippen LogP contribution in [-0.4, -0.2) is 7.11 Å². The number of ether oxygens (including phenoxy) is 1. The normalized spacial score (nSPS) is 10.6. The number of methoxy groups -OCH3 is 1. The van der Waals surface area contributed by atoms with E-state index in [0.717, 1.165) is 18.6 Å². The lowest BCUT2D eigenvalue weighted by atomic mass is 9.95. The van der Waals surface area contributed by atoms with Gasteiger partial charge in [-0.3, -0.25) is 0 Å². The molecule has 0 bridgehead atoms. The van der Waals surface area contributed by atoms with Crippen LogP contribution < -0.4 is 4.74 Å². The maximum atomic E-state index is 5.57. The van der Waals surface area contributed by atoms with Crippen molar-refractivity contribution in [3.8, 4) is 16.9 Å². The molecule has 0 fully saturated rings. The van der Waals surface area contributed by atoms with Gasteiger partial charge in [0, 0.05) is 5.56 Å². The van der Waals surface area contributed by atoms with Crippen molar-refractivity contribution in [2.24, 2.45) is 0 Å². The third-order valence-electron chi connectivity index (χ3n) is 4.33. The van der Waals surface area contributed by atoms with Crippen molar-refractivity contribution in [1.82, 2.24) is 0 Å². The van der Waals surface area contributed by atoms with E-state index in [9.17, 15) is 0 Å². The van der Waals surface area contributed by atoms with E-state index in [0.29, 0.717) is 0 Å². The van der Waals surface area contributed by atoms with Crippen LogP contribution in [-0.2, 0) is 12.8 Å². The van der Waals surface area contributed by atoms with Crippen LogP contribution in [0.4, 0.5) is 0 Å². The van der Waals surface area contributed by atoms with Gasteiger partial charge in [-0.15, -0.1) is 0 Å². The van der Waals surface area contributed by atoms with Gasteiger partial charge >= 0.3 is 0 Å². The number of benzene rings is 3. The maximum Gasteiger partial charge on any atom is 0.126 e. The molecule has 0 heterocycles. The van der Waals surface area contributed by atoms with Crippen molar-refractivity contribution in [1.29, 1.82) is 0 Å². The molecular weight excluding hydrogens is 292 g/mol. The van der Waals surface area contributed by atoms with Gasteiger partial charge in [-0.1, -0.05) is 73.7 Å². The summed E-state index contributed by atoms with van der Waals surface area (Å²) in [6.45, 7) is 2.18. The average molecular weight is 315 g/mol. The third-order valence-corrected chi connectivity index (χ3v) is 4.33. The second-order valence-electron chi connectivity index (χ2n) is 5.86. The lowest BCUT2D eigenvalue weighted by Crippen LogP contribution is -1.94. The molecule has 3 rings (SSSR count). The minimum Gasteiger partial charge on any atom is -0.496 e. The number of hydrogen-bond acceptors (Lipinski definition) is 1. The third kappa shape index (κ3) is 3.68. The fourth-order valence-corrected chi connectivity index (χ4v) is 3.00. The van der Waals surface area contributed by atoms with Crippen molar-refractivity contribution in [3.05, 3.63) is 95.9 Å². The Balaban J connectivity index is 1.80. The molecule has 0 unspecified atom stereocenters. The molecule has 1 heteroatoms. The Morgan fingerprint density at radius 3 is 2.25 bits per heavy atom. The predicted octanol–water partition coefficient (Wildman–Crippen LogP) is 5.72. The molecule has 0 amide bonds. The highest BCUT2D eigenvalue weighted by Gasteiger charge is 2.10. The van der Waals surface area contributed by atoms with Crippen LogP contribution in [0.15, 0.2) is 72.8 Å². The maximum absolute atomic E-state index is 5.57. The molecule has 0 saturated heterocycles. The Hall–Kier alpha value is -2.54. The second kappa shape index (κ2) is 7.83. The Kier molecular flexibility index (Phi) is 5.32. The monoisotopic (exact) mass is 315 g/mol. The molecule has 0 atom stereocenters. The number of hydrogen-bond donors (Lipinski definition) is 0. The topological polar surface area (TPSA) is 9.23 Å². The summed E-state index contributed by atoms with van der Waals surface area (Å²) < 4.78 is 5.57. The Morgan fingerprint density at radius 2 is 1.58 bits per heavy atom. The molecule has 0 saturated carbocycles. The summed E-state index contributed by atoms with van der Waals surface area (Å²) >= 11 is 0. The smallest absolute Gasteiger partial charge is 0.126 e. The number of rotatable bonds is 6. The Morgan fingerprint density at radius 1 is 0.833 bits per heavy atom. The van der Waals surface area contributed by atoms with Gasteiger partial charge in [-0.25, -0.2) is 0 Å². The molecule has 24 heavy (non-hydrogen) atoms. The zero-order chi connectivity index (χ0) is 16.8. The highest BCUT2D eigenvalue weighted by atomic mass is 16.5. The SMILES string of the molecule is CCc1cccc(OC)c1-c1ccc([CH]Cc2ccccc2)cc1. The molecule has 0 aliphatic carbocycles. The molecule has 0 aromatic heterocycles. The molecule has 0 aliphatic rings. The zero-order valence-electron chi connectivity index (χ0n) is 14.3. The van der Waals surface area contributed by atoms with Gasteiger partial charge < -0.3 is 4.74 Å². The summed E-state index contributed by atoms with van der Waals surface area (Å²) in [7, 11) is 1.74. The predicted molar refractivity (Wildman–Crippen MR) is 101 cm³/mol. The molecule has 0 N–H and O–H groups in total. The molecule has 3 aromatic carbocycles. The van der Waals surface area contributed by atoms with Gasteiger partial charge in [0.25, 0.3) is 0 Å². The fraction of sp³-hybridized carbons (Fsp3) is 0.174. The highest BCUT2D eigenvalue weighted by molar-refractivity contribution is 5.74. The van der Waals surface area contributed by atoms with Crippen molar-refractivity contribution in [2.45, 2.75) is 19.8 Å². The largest absolute Gasteiger partial charge is 0.496 e. The van der Waals surface area contributed by atoms with Crippen LogP contribution in [0.25, 0.3) is 11.1 Å². The zero-order valence-corrected chi connectivity index (χ0v) is 14.3. The summed E-state index contributed by atoms with van der Waals surface area (Å²) in [5.41, 5.74) is 6.31. The summed E-state index contributed by atoms with van der Waals surface area (Å²) in [6.07, 6.45) is 4.21. The van der Waals surface area contributed by atoms with Gasteiger partial charge in [-0.05, 0) is 47.6 Å².